The second-order valence-electron chi connectivity index (χ2n) is 7.36. The third kappa shape index (κ3) is 5.19. The maximum absolute atomic E-state index is 12.9. The summed E-state index contributed by atoms with van der Waals surface area (Å²) in [5.41, 5.74) is 1.36. The number of aryl methyl sites for hydroxylation is 2. The number of aromatic nitrogens is 2. The summed E-state index contributed by atoms with van der Waals surface area (Å²) in [6.07, 6.45) is 5.16. The summed E-state index contributed by atoms with van der Waals surface area (Å²) >= 11 is 1.19. The highest BCUT2D eigenvalue weighted by molar-refractivity contribution is 7.20. The van der Waals surface area contributed by atoms with Gasteiger partial charge in [0, 0.05) is 12.2 Å². The number of benzene rings is 1. The summed E-state index contributed by atoms with van der Waals surface area (Å²) < 4.78 is 6.83. The van der Waals surface area contributed by atoms with Crippen molar-refractivity contribution >= 4 is 39.1 Å². The Balaban J connectivity index is 1.81. The molecule has 0 bridgehead atoms. The molecule has 2 heterocycles. The molecular weight excluding hydrogens is 414 g/mol. The Bertz CT molecular complexity index is 1150. The summed E-state index contributed by atoms with van der Waals surface area (Å²) in [6.45, 7) is 6.83. The summed E-state index contributed by atoms with van der Waals surface area (Å²) in [6, 6.07) is 6.64. The van der Waals surface area contributed by atoms with Gasteiger partial charge in [-0.2, -0.15) is 0 Å². The van der Waals surface area contributed by atoms with E-state index < -0.39 is 5.97 Å². The Morgan fingerprint density at radius 1 is 1.19 bits per heavy atom. The SMILES string of the molecule is CCCCOC(=O)c1cccc(NC(=O)c2sc3ncn(CCCC)c(=O)c3c2C)c1. The smallest absolute Gasteiger partial charge is 0.338 e. The molecule has 2 aromatic heterocycles. The van der Waals surface area contributed by atoms with Gasteiger partial charge in [0.1, 0.15) is 4.83 Å². The Morgan fingerprint density at radius 2 is 1.97 bits per heavy atom. The minimum Gasteiger partial charge on any atom is -0.462 e. The first-order valence-corrected chi connectivity index (χ1v) is 11.3. The van der Waals surface area contributed by atoms with E-state index in [2.05, 4.69) is 17.2 Å². The van der Waals surface area contributed by atoms with Crippen LogP contribution in [0, 0.1) is 6.92 Å². The van der Waals surface area contributed by atoms with E-state index in [0.717, 1.165) is 25.7 Å². The number of ether oxygens (including phenoxy) is 1. The first-order chi connectivity index (χ1) is 15.0. The number of anilines is 1. The number of thiophene rings is 1. The summed E-state index contributed by atoms with van der Waals surface area (Å²) in [4.78, 5) is 43.3. The van der Waals surface area contributed by atoms with Gasteiger partial charge in [-0.25, -0.2) is 9.78 Å². The van der Waals surface area contributed by atoms with Gasteiger partial charge in [-0.3, -0.25) is 14.2 Å². The molecule has 0 aliphatic carbocycles. The number of hydrogen-bond acceptors (Lipinski definition) is 6. The highest BCUT2D eigenvalue weighted by atomic mass is 32.1. The number of fused-ring (bicyclic) bond motifs is 1. The van der Waals surface area contributed by atoms with Crippen LogP contribution in [-0.4, -0.2) is 28.0 Å². The number of hydrogen-bond donors (Lipinski definition) is 1. The Kier molecular flexibility index (Phi) is 7.57. The zero-order valence-electron chi connectivity index (χ0n) is 18.1. The van der Waals surface area contributed by atoms with E-state index in [1.54, 1.807) is 42.1 Å². The molecule has 0 aliphatic rings. The van der Waals surface area contributed by atoms with E-state index in [1.165, 1.54) is 11.3 Å². The summed E-state index contributed by atoms with van der Waals surface area (Å²) in [5, 5.41) is 3.31. The molecule has 1 N–H and O–H groups in total. The number of unbranched alkanes of at least 4 members (excludes halogenated alkanes) is 2. The number of esters is 1. The van der Waals surface area contributed by atoms with E-state index in [4.69, 9.17) is 4.74 Å². The van der Waals surface area contributed by atoms with Crippen LogP contribution in [0.5, 0.6) is 0 Å². The van der Waals surface area contributed by atoms with Crippen LogP contribution in [0.3, 0.4) is 0 Å². The number of carbonyl (C=O) groups is 2. The van der Waals surface area contributed by atoms with Gasteiger partial charge in [0.15, 0.2) is 0 Å². The summed E-state index contributed by atoms with van der Waals surface area (Å²) in [7, 11) is 0. The fourth-order valence-electron chi connectivity index (χ4n) is 3.17. The largest absolute Gasteiger partial charge is 0.462 e. The molecule has 0 radical (unpaired) electrons. The van der Waals surface area contributed by atoms with Gasteiger partial charge >= 0.3 is 5.97 Å². The maximum Gasteiger partial charge on any atom is 0.338 e. The molecule has 0 fully saturated rings. The van der Waals surface area contributed by atoms with Crippen molar-refractivity contribution in [2.75, 3.05) is 11.9 Å². The molecule has 1 amide bonds. The van der Waals surface area contributed by atoms with E-state index in [-0.39, 0.29) is 11.5 Å². The van der Waals surface area contributed by atoms with Crippen LogP contribution in [0.2, 0.25) is 0 Å². The molecule has 8 heteroatoms. The lowest BCUT2D eigenvalue weighted by Crippen LogP contribution is -2.20. The van der Waals surface area contributed by atoms with Crippen LogP contribution in [0.15, 0.2) is 35.4 Å². The Hall–Kier alpha value is -3.00. The van der Waals surface area contributed by atoms with Crippen molar-refractivity contribution in [3.8, 4) is 0 Å². The fourth-order valence-corrected chi connectivity index (χ4v) is 4.20. The minimum atomic E-state index is -0.417. The second-order valence-corrected chi connectivity index (χ2v) is 8.36. The normalized spacial score (nSPS) is 10.9. The highest BCUT2D eigenvalue weighted by Crippen LogP contribution is 2.27. The van der Waals surface area contributed by atoms with Crippen molar-refractivity contribution < 1.29 is 14.3 Å². The van der Waals surface area contributed by atoms with E-state index in [0.29, 0.717) is 45.1 Å². The topological polar surface area (TPSA) is 90.3 Å². The predicted octanol–water partition coefficient (Wildman–Crippen LogP) is 4.78. The first-order valence-electron chi connectivity index (χ1n) is 10.5. The van der Waals surface area contributed by atoms with Crippen molar-refractivity contribution in [3.63, 3.8) is 0 Å². The molecule has 0 atom stereocenters. The molecule has 3 aromatic rings. The molecule has 0 spiro atoms. The van der Waals surface area contributed by atoms with Gasteiger partial charge in [0.2, 0.25) is 0 Å². The molecule has 0 aliphatic heterocycles. The van der Waals surface area contributed by atoms with Crippen LogP contribution >= 0.6 is 11.3 Å². The van der Waals surface area contributed by atoms with Gasteiger partial charge in [-0.05, 0) is 43.5 Å². The number of nitrogens with one attached hydrogen (secondary N) is 1. The quantitative estimate of drug-likeness (QED) is 0.381. The van der Waals surface area contributed by atoms with Crippen molar-refractivity contribution in [2.24, 2.45) is 0 Å². The van der Waals surface area contributed by atoms with Crippen LogP contribution in [-0.2, 0) is 11.3 Å². The van der Waals surface area contributed by atoms with Gasteiger partial charge in [0.05, 0.1) is 28.8 Å². The monoisotopic (exact) mass is 441 g/mol. The van der Waals surface area contributed by atoms with Crippen LogP contribution in [0.4, 0.5) is 5.69 Å². The van der Waals surface area contributed by atoms with E-state index in [1.807, 2.05) is 6.92 Å². The molecule has 31 heavy (non-hydrogen) atoms. The summed E-state index contributed by atoms with van der Waals surface area (Å²) in [5.74, 6) is -0.754. The lowest BCUT2D eigenvalue weighted by molar-refractivity contribution is 0.0499. The zero-order chi connectivity index (χ0) is 22.4. The molecule has 7 nitrogen and oxygen atoms in total. The van der Waals surface area contributed by atoms with Crippen molar-refractivity contribution in [1.82, 2.24) is 9.55 Å². The highest BCUT2D eigenvalue weighted by Gasteiger charge is 2.20. The van der Waals surface area contributed by atoms with E-state index >= 15 is 0 Å². The molecule has 164 valence electrons. The first kappa shape index (κ1) is 22.7. The van der Waals surface area contributed by atoms with Gasteiger partial charge in [-0.1, -0.05) is 32.8 Å². The third-order valence-corrected chi connectivity index (χ3v) is 6.16. The van der Waals surface area contributed by atoms with Gasteiger partial charge in [-0.15, -0.1) is 11.3 Å². The lowest BCUT2D eigenvalue weighted by atomic mass is 10.2. The average molecular weight is 442 g/mol. The number of rotatable bonds is 9. The molecule has 0 unspecified atom stereocenters. The Morgan fingerprint density at radius 3 is 2.71 bits per heavy atom. The third-order valence-electron chi connectivity index (χ3n) is 4.96. The number of carbonyl (C=O) groups excluding carboxylic acids is 2. The molecule has 3 rings (SSSR count). The maximum atomic E-state index is 12.9. The van der Waals surface area contributed by atoms with Gasteiger partial charge in [0.25, 0.3) is 11.5 Å². The van der Waals surface area contributed by atoms with Crippen LogP contribution < -0.4 is 10.9 Å². The fraction of sp³-hybridized carbons (Fsp3) is 0.391. The molecule has 0 saturated carbocycles. The zero-order valence-corrected chi connectivity index (χ0v) is 18.9. The second kappa shape index (κ2) is 10.3. The molecule has 1 aromatic carbocycles. The minimum absolute atomic E-state index is 0.122. The van der Waals surface area contributed by atoms with Gasteiger partial charge < -0.3 is 10.1 Å². The predicted molar refractivity (Wildman–Crippen MR) is 123 cm³/mol. The van der Waals surface area contributed by atoms with Crippen LogP contribution in [0.1, 0.15) is 65.1 Å². The standard InChI is InChI=1S/C23H27N3O4S/c1-4-6-11-26-14-24-21-18(22(26)28)15(3)19(31-21)20(27)25-17-10-8-9-16(13-17)23(29)30-12-7-5-2/h8-10,13-14H,4-7,11-12H2,1-3H3,(H,25,27). The number of nitrogens with zero attached hydrogens (tertiary/aromatic N) is 2. The van der Waals surface area contributed by atoms with E-state index in [9.17, 15) is 14.4 Å². The number of amides is 1. The van der Waals surface area contributed by atoms with Crippen molar-refractivity contribution in [1.29, 1.82) is 0 Å². The lowest BCUT2D eigenvalue weighted by Gasteiger charge is -2.08. The average Bonchev–Trinajstić information content (AvgIpc) is 3.11. The molecular formula is C23H27N3O4S. The van der Waals surface area contributed by atoms with Crippen molar-refractivity contribution in [2.45, 2.75) is 53.0 Å². The van der Waals surface area contributed by atoms with Crippen molar-refractivity contribution in [3.05, 3.63) is 57.0 Å². The van der Waals surface area contributed by atoms with Crippen LogP contribution in [0.25, 0.3) is 10.2 Å². The Labute approximate surface area is 185 Å². The molecule has 0 saturated heterocycles.